The van der Waals surface area contributed by atoms with Crippen molar-refractivity contribution >= 4 is 5.91 Å². The predicted molar refractivity (Wildman–Crippen MR) is 75.7 cm³/mol. The molecular weight excluding hydrogens is 226 g/mol. The molecule has 1 amide bonds. The highest BCUT2D eigenvalue weighted by Crippen LogP contribution is 2.15. The number of hydrogen-bond acceptors (Lipinski definition) is 3. The van der Waals surface area contributed by atoms with Gasteiger partial charge >= 0.3 is 0 Å². The van der Waals surface area contributed by atoms with Gasteiger partial charge in [0.05, 0.1) is 6.54 Å². The molecule has 0 spiro atoms. The number of nitrogens with one attached hydrogen (secondary N) is 1. The first-order valence-corrected chi connectivity index (χ1v) is 7.34. The SMILES string of the molecule is CCN(C)C(=O)CNCCCN1CCCCC1C. The van der Waals surface area contributed by atoms with Crippen molar-refractivity contribution < 1.29 is 4.79 Å². The summed E-state index contributed by atoms with van der Waals surface area (Å²) in [6.45, 7) is 8.92. The van der Waals surface area contributed by atoms with E-state index in [2.05, 4.69) is 17.1 Å². The molecule has 1 atom stereocenters. The fraction of sp³-hybridized carbons (Fsp3) is 0.929. The van der Waals surface area contributed by atoms with E-state index >= 15 is 0 Å². The second kappa shape index (κ2) is 8.48. The maximum absolute atomic E-state index is 11.5. The Morgan fingerprint density at radius 1 is 1.44 bits per heavy atom. The maximum atomic E-state index is 11.5. The minimum Gasteiger partial charge on any atom is -0.345 e. The van der Waals surface area contributed by atoms with Crippen LogP contribution in [0.5, 0.6) is 0 Å². The Balaban J connectivity index is 2.03. The number of nitrogens with zero attached hydrogens (tertiary/aromatic N) is 2. The molecule has 0 aromatic heterocycles. The zero-order valence-corrected chi connectivity index (χ0v) is 12.2. The minimum absolute atomic E-state index is 0.184. The van der Waals surface area contributed by atoms with Gasteiger partial charge in [-0.05, 0) is 52.7 Å². The molecule has 0 aromatic rings. The molecule has 1 saturated heterocycles. The lowest BCUT2D eigenvalue weighted by molar-refractivity contribution is -0.128. The van der Waals surface area contributed by atoms with Gasteiger partial charge in [0.1, 0.15) is 0 Å². The number of carbonyl (C=O) groups excluding carboxylic acids is 1. The van der Waals surface area contributed by atoms with E-state index in [1.165, 1.54) is 25.8 Å². The van der Waals surface area contributed by atoms with Crippen molar-refractivity contribution in [2.75, 3.05) is 39.8 Å². The monoisotopic (exact) mass is 255 g/mol. The summed E-state index contributed by atoms with van der Waals surface area (Å²) in [6.07, 6.45) is 5.20. The highest BCUT2D eigenvalue weighted by molar-refractivity contribution is 5.77. The van der Waals surface area contributed by atoms with E-state index in [-0.39, 0.29) is 5.91 Å². The largest absolute Gasteiger partial charge is 0.345 e. The zero-order valence-electron chi connectivity index (χ0n) is 12.2. The van der Waals surface area contributed by atoms with E-state index in [1.54, 1.807) is 4.90 Å². The minimum atomic E-state index is 0.184. The van der Waals surface area contributed by atoms with Crippen molar-refractivity contribution in [1.82, 2.24) is 15.1 Å². The molecule has 0 radical (unpaired) electrons. The van der Waals surface area contributed by atoms with Crippen LogP contribution < -0.4 is 5.32 Å². The van der Waals surface area contributed by atoms with Crippen LogP contribution in [0.1, 0.15) is 39.5 Å². The Morgan fingerprint density at radius 2 is 2.22 bits per heavy atom. The second-order valence-electron chi connectivity index (χ2n) is 5.32. The van der Waals surface area contributed by atoms with Gasteiger partial charge in [-0.3, -0.25) is 4.79 Å². The number of carbonyl (C=O) groups is 1. The lowest BCUT2D eigenvalue weighted by Crippen LogP contribution is -2.40. The summed E-state index contributed by atoms with van der Waals surface area (Å²) in [7, 11) is 1.85. The molecule has 0 aliphatic carbocycles. The van der Waals surface area contributed by atoms with Gasteiger partial charge < -0.3 is 15.1 Å². The van der Waals surface area contributed by atoms with Crippen molar-refractivity contribution in [2.45, 2.75) is 45.6 Å². The van der Waals surface area contributed by atoms with Crippen LogP contribution in [0.4, 0.5) is 0 Å². The van der Waals surface area contributed by atoms with E-state index in [4.69, 9.17) is 0 Å². The zero-order chi connectivity index (χ0) is 13.4. The van der Waals surface area contributed by atoms with Gasteiger partial charge in [0, 0.05) is 19.6 Å². The van der Waals surface area contributed by atoms with Crippen molar-refractivity contribution in [3.63, 3.8) is 0 Å². The molecule has 1 rings (SSSR count). The van der Waals surface area contributed by atoms with Crippen LogP contribution in [0, 0.1) is 0 Å². The summed E-state index contributed by atoms with van der Waals surface area (Å²) < 4.78 is 0. The molecule has 1 unspecified atom stereocenters. The first-order valence-electron chi connectivity index (χ1n) is 7.34. The quantitative estimate of drug-likeness (QED) is 0.697. The van der Waals surface area contributed by atoms with Gasteiger partial charge in [-0.15, -0.1) is 0 Å². The van der Waals surface area contributed by atoms with Crippen LogP contribution >= 0.6 is 0 Å². The number of piperidine rings is 1. The Hall–Kier alpha value is -0.610. The average molecular weight is 255 g/mol. The molecule has 4 heteroatoms. The van der Waals surface area contributed by atoms with Crippen molar-refractivity contribution in [3.05, 3.63) is 0 Å². The van der Waals surface area contributed by atoms with E-state index in [0.29, 0.717) is 6.54 Å². The number of rotatable bonds is 7. The normalized spacial score (nSPS) is 20.9. The first-order chi connectivity index (χ1) is 8.65. The van der Waals surface area contributed by atoms with E-state index in [1.807, 2.05) is 14.0 Å². The van der Waals surface area contributed by atoms with Crippen LogP contribution in [-0.2, 0) is 4.79 Å². The first kappa shape index (κ1) is 15.4. The number of likely N-dealkylation sites (tertiary alicyclic amines) is 1. The number of amides is 1. The Kier molecular flexibility index (Phi) is 7.28. The fourth-order valence-corrected chi connectivity index (χ4v) is 2.40. The predicted octanol–water partition coefficient (Wildman–Crippen LogP) is 1.32. The molecular formula is C14H29N3O. The Morgan fingerprint density at radius 3 is 2.89 bits per heavy atom. The van der Waals surface area contributed by atoms with Crippen molar-refractivity contribution in [2.24, 2.45) is 0 Å². The molecule has 1 fully saturated rings. The molecule has 4 nitrogen and oxygen atoms in total. The van der Waals surface area contributed by atoms with E-state index in [0.717, 1.165) is 32.1 Å². The molecule has 0 saturated carbocycles. The topological polar surface area (TPSA) is 35.6 Å². The van der Waals surface area contributed by atoms with Gasteiger partial charge in [0.25, 0.3) is 0 Å². The standard InChI is InChI=1S/C14H29N3O/c1-4-16(3)14(18)12-15-9-7-11-17-10-6-5-8-13(17)2/h13,15H,4-12H2,1-3H3. The Bertz CT molecular complexity index is 245. The lowest BCUT2D eigenvalue weighted by atomic mass is 10.0. The third-order valence-electron chi connectivity index (χ3n) is 3.92. The van der Waals surface area contributed by atoms with Gasteiger partial charge in [-0.25, -0.2) is 0 Å². The lowest BCUT2D eigenvalue weighted by Gasteiger charge is -2.33. The van der Waals surface area contributed by atoms with Crippen LogP contribution in [0.25, 0.3) is 0 Å². The van der Waals surface area contributed by atoms with Gasteiger partial charge in [0.2, 0.25) is 5.91 Å². The second-order valence-corrected chi connectivity index (χ2v) is 5.32. The van der Waals surface area contributed by atoms with Gasteiger partial charge in [-0.1, -0.05) is 6.42 Å². The summed E-state index contributed by atoms with van der Waals surface area (Å²) in [6, 6.07) is 0.742. The van der Waals surface area contributed by atoms with Gasteiger partial charge in [0.15, 0.2) is 0 Å². The van der Waals surface area contributed by atoms with Crippen molar-refractivity contribution in [3.8, 4) is 0 Å². The van der Waals surface area contributed by atoms with Crippen LogP contribution in [0.3, 0.4) is 0 Å². The number of hydrogen-bond donors (Lipinski definition) is 1. The van der Waals surface area contributed by atoms with Crippen LogP contribution in [0.15, 0.2) is 0 Å². The summed E-state index contributed by atoms with van der Waals surface area (Å²) in [5.41, 5.74) is 0. The van der Waals surface area contributed by atoms with E-state index < -0.39 is 0 Å². The van der Waals surface area contributed by atoms with Crippen LogP contribution in [-0.4, -0.2) is 61.5 Å². The van der Waals surface area contributed by atoms with Crippen molar-refractivity contribution in [1.29, 1.82) is 0 Å². The molecule has 106 valence electrons. The fourth-order valence-electron chi connectivity index (χ4n) is 2.40. The molecule has 1 aliphatic rings. The summed E-state index contributed by atoms with van der Waals surface area (Å²) in [4.78, 5) is 15.9. The summed E-state index contributed by atoms with van der Waals surface area (Å²) in [5, 5.41) is 3.24. The molecule has 1 aliphatic heterocycles. The summed E-state index contributed by atoms with van der Waals surface area (Å²) in [5.74, 6) is 0.184. The highest BCUT2D eigenvalue weighted by atomic mass is 16.2. The molecule has 1 heterocycles. The maximum Gasteiger partial charge on any atom is 0.236 e. The van der Waals surface area contributed by atoms with E-state index in [9.17, 15) is 4.79 Å². The average Bonchev–Trinajstić information content (AvgIpc) is 2.39. The van der Waals surface area contributed by atoms with Gasteiger partial charge in [-0.2, -0.15) is 0 Å². The summed E-state index contributed by atoms with van der Waals surface area (Å²) >= 11 is 0. The molecule has 1 N–H and O–H groups in total. The molecule has 18 heavy (non-hydrogen) atoms. The molecule has 0 aromatic carbocycles. The molecule has 0 bridgehead atoms. The number of likely N-dealkylation sites (N-methyl/N-ethyl adjacent to an activating group) is 1. The van der Waals surface area contributed by atoms with Crippen LogP contribution in [0.2, 0.25) is 0 Å². The highest BCUT2D eigenvalue weighted by Gasteiger charge is 2.17. The third kappa shape index (κ3) is 5.36. The Labute approximate surface area is 112 Å². The third-order valence-corrected chi connectivity index (χ3v) is 3.92. The smallest absolute Gasteiger partial charge is 0.236 e.